The van der Waals surface area contributed by atoms with Crippen molar-refractivity contribution in [3.63, 3.8) is 0 Å². The second kappa shape index (κ2) is 5.79. The molecule has 0 aliphatic heterocycles. The van der Waals surface area contributed by atoms with Gasteiger partial charge < -0.3 is 10.1 Å². The molecule has 1 aromatic heterocycles. The second-order valence-corrected chi connectivity index (χ2v) is 3.97. The first-order valence-corrected chi connectivity index (χ1v) is 5.82. The highest BCUT2D eigenvalue weighted by Gasteiger charge is 2.21. The SMILES string of the molecule is CNCc1cnn(-c2ccccc2OC)c1C(F)F. The number of para-hydroxylation sites is 2. The molecule has 0 saturated carbocycles. The molecule has 0 aliphatic carbocycles. The zero-order chi connectivity index (χ0) is 13.8. The van der Waals surface area contributed by atoms with Crippen LogP contribution in [0.25, 0.3) is 5.69 Å². The number of hydrogen-bond donors (Lipinski definition) is 1. The summed E-state index contributed by atoms with van der Waals surface area (Å²) >= 11 is 0. The maximum absolute atomic E-state index is 13.2. The van der Waals surface area contributed by atoms with Crippen molar-refractivity contribution in [2.45, 2.75) is 13.0 Å². The van der Waals surface area contributed by atoms with Crippen LogP contribution in [0.3, 0.4) is 0 Å². The fourth-order valence-corrected chi connectivity index (χ4v) is 1.95. The Morgan fingerprint density at radius 1 is 1.37 bits per heavy atom. The topological polar surface area (TPSA) is 39.1 Å². The predicted molar refractivity (Wildman–Crippen MR) is 67.8 cm³/mol. The molecule has 1 N–H and O–H groups in total. The first kappa shape index (κ1) is 13.5. The van der Waals surface area contributed by atoms with E-state index in [4.69, 9.17) is 4.74 Å². The molecule has 0 atom stereocenters. The van der Waals surface area contributed by atoms with Crippen LogP contribution in [-0.2, 0) is 6.54 Å². The van der Waals surface area contributed by atoms with Crippen molar-refractivity contribution in [1.82, 2.24) is 15.1 Å². The van der Waals surface area contributed by atoms with E-state index in [2.05, 4.69) is 10.4 Å². The van der Waals surface area contributed by atoms with Crippen molar-refractivity contribution in [3.8, 4) is 11.4 Å². The van der Waals surface area contributed by atoms with Crippen LogP contribution in [-0.4, -0.2) is 23.9 Å². The van der Waals surface area contributed by atoms with E-state index in [9.17, 15) is 8.78 Å². The van der Waals surface area contributed by atoms with E-state index in [1.54, 1.807) is 31.3 Å². The molecule has 19 heavy (non-hydrogen) atoms. The lowest BCUT2D eigenvalue weighted by Gasteiger charge is -2.12. The molecule has 0 spiro atoms. The minimum atomic E-state index is -2.60. The fraction of sp³-hybridized carbons (Fsp3) is 0.308. The summed E-state index contributed by atoms with van der Waals surface area (Å²) in [5.41, 5.74) is 0.866. The Morgan fingerprint density at radius 2 is 2.11 bits per heavy atom. The molecule has 1 aromatic carbocycles. The first-order chi connectivity index (χ1) is 9.19. The predicted octanol–water partition coefficient (Wildman–Crippen LogP) is 2.54. The molecular formula is C13H15F2N3O. The summed E-state index contributed by atoms with van der Waals surface area (Å²) in [4.78, 5) is 0. The number of rotatable bonds is 5. The Hall–Kier alpha value is -1.95. The number of ether oxygens (including phenoxy) is 1. The molecule has 0 amide bonds. The zero-order valence-corrected chi connectivity index (χ0v) is 10.7. The molecule has 2 aromatic rings. The van der Waals surface area contributed by atoms with Crippen molar-refractivity contribution in [2.24, 2.45) is 0 Å². The van der Waals surface area contributed by atoms with Crippen molar-refractivity contribution < 1.29 is 13.5 Å². The monoisotopic (exact) mass is 267 g/mol. The molecule has 0 saturated heterocycles. The van der Waals surface area contributed by atoms with Crippen LogP contribution in [0.1, 0.15) is 17.7 Å². The van der Waals surface area contributed by atoms with Crippen LogP contribution in [0.4, 0.5) is 8.78 Å². The Kier molecular flexibility index (Phi) is 4.11. The number of hydrogen-bond acceptors (Lipinski definition) is 3. The Balaban J connectivity index is 2.55. The average molecular weight is 267 g/mol. The van der Waals surface area contributed by atoms with Gasteiger partial charge in [-0.05, 0) is 19.2 Å². The molecule has 0 aliphatic rings. The lowest BCUT2D eigenvalue weighted by molar-refractivity contribution is 0.141. The number of benzene rings is 1. The maximum atomic E-state index is 13.2. The highest BCUT2D eigenvalue weighted by Crippen LogP contribution is 2.29. The minimum Gasteiger partial charge on any atom is -0.494 e. The summed E-state index contributed by atoms with van der Waals surface area (Å²) in [6.45, 7) is 0.342. The third-order valence-corrected chi connectivity index (χ3v) is 2.77. The van der Waals surface area contributed by atoms with Crippen molar-refractivity contribution in [1.29, 1.82) is 0 Å². The van der Waals surface area contributed by atoms with E-state index in [-0.39, 0.29) is 5.69 Å². The fourth-order valence-electron chi connectivity index (χ4n) is 1.95. The van der Waals surface area contributed by atoms with E-state index < -0.39 is 6.43 Å². The molecule has 6 heteroatoms. The highest BCUT2D eigenvalue weighted by atomic mass is 19.3. The molecule has 0 radical (unpaired) electrons. The van der Waals surface area contributed by atoms with Crippen LogP contribution in [0.15, 0.2) is 30.5 Å². The number of nitrogens with zero attached hydrogens (tertiary/aromatic N) is 2. The van der Waals surface area contributed by atoms with Crippen LogP contribution in [0.2, 0.25) is 0 Å². The van der Waals surface area contributed by atoms with Gasteiger partial charge in [0.15, 0.2) is 0 Å². The first-order valence-electron chi connectivity index (χ1n) is 5.82. The smallest absolute Gasteiger partial charge is 0.280 e. The second-order valence-electron chi connectivity index (χ2n) is 3.97. The van der Waals surface area contributed by atoms with Crippen molar-refractivity contribution in [2.75, 3.05) is 14.2 Å². The van der Waals surface area contributed by atoms with Gasteiger partial charge in [0, 0.05) is 12.1 Å². The molecule has 102 valence electrons. The number of alkyl halides is 2. The molecule has 1 heterocycles. The summed E-state index contributed by atoms with van der Waals surface area (Å²) in [6.07, 6.45) is -1.15. The minimum absolute atomic E-state index is 0.112. The average Bonchev–Trinajstić information content (AvgIpc) is 2.83. The molecular weight excluding hydrogens is 252 g/mol. The van der Waals surface area contributed by atoms with Crippen LogP contribution >= 0.6 is 0 Å². The number of nitrogens with one attached hydrogen (secondary N) is 1. The normalized spacial score (nSPS) is 11.0. The van der Waals surface area contributed by atoms with E-state index >= 15 is 0 Å². The molecule has 4 nitrogen and oxygen atoms in total. The van der Waals surface area contributed by atoms with E-state index in [1.165, 1.54) is 18.0 Å². The van der Waals surface area contributed by atoms with Gasteiger partial charge in [-0.1, -0.05) is 12.1 Å². The Morgan fingerprint density at radius 3 is 2.74 bits per heavy atom. The standard InChI is InChI=1S/C13H15F2N3O/c1-16-7-9-8-17-18(12(9)13(14)15)10-5-3-4-6-11(10)19-2/h3-6,8,13,16H,7H2,1-2H3. The largest absolute Gasteiger partial charge is 0.494 e. The molecule has 0 fully saturated rings. The summed E-state index contributed by atoms with van der Waals surface area (Å²) < 4.78 is 32.9. The summed E-state index contributed by atoms with van der Waals surface area (Å²) in [5, 5.41) is 6.91. The van der Waals surface area contributed by atoms with E-state index in [0.29, 0.717) is 23.5 Å². The highest BCUT2D eigenvalue weighted by molar-refractivity contribution is 5.47. The van der Waals surface area contributed by atoms with Gasteiger partial charge in [-0.2, -0.15) is 5.10 Å². The van der Waals surface area contributed by atoms with Gasteiger partial charge in [0.25, 0.3) is 6.43 Å². The summed E-state index contributed by atoms with van der Waals surface area (Å²) in [5.74, 6) is 0.503. The summed E-state index contributed by atoms with van der Waals surface area (Å²) in [6, 6.07) is 6.94. The third-order valence-electron chi connectivity index (χ3n) is 2.77. The Bertz CT molecular complexity index is 555. The van der Waals surface area contributed by atoms with Gasteiger partial charge in [0.1, 0.15) is 17.1 Å². The maximum Gasteiger partial charge on any atom is 0.280 e. The van der Waals surface area contributed by atoms with E-state index in [0.717, 1.165) is 0 Å². The molecule has 2 rings (SSSR count). The lowest BCUT2D eigenvalue weighted by atomic mass is 10.2. The number of aromatic nitrogens is 2. The third kappa shape index (κ3) is 2.58. The van der Waals surface area contributed by atoms with Gasteiger partial charge in [-0.25, -0.2) is 13.5 Å². The van der Waals surface area contributed by atoms with Gasteiger partial charge in [0.05, 0.1) is 13.3 Å². The van der Waals surface area contributed by atoms with Crippen LogP contribution in [0.5, 0.6) is 5.75 Å². The van der Waals surface area contributed by atoms with Gasteiger partial charge in [-0.3, -0.25) is 0 Å². The van der Waals surface area contributed by atoms with Crippen LogP contribution < -0.4 is 10.1 Å². The van der Waals surface area contributed by atoms with Crippen molar-refractivity contribution in [3.05, 3.63) is 41.7 Å². The van der Waals surface area contributed by atoms with Crippen molar-refractivity contribution >= 4 is 0 Å². The van der Waals surface area contributed by atoms with Gasteiger partial charge in [-0.15, -0.1) is 0 Å². The lowest BCUT2D eigenvalue weighted by Crippen LogP contribution is -2.10. The van der Waals surface area contributed by atoms with Crippen LogP contribution in [0, 0.1) is 0 Å². The summed E-state index contributed by atoms with van der Waals surface area (Å²) in [7, 11) is 3.20. The molecule has 0 unspecified atom stereocenters. The van der Waals surface area contributed by atoms with Gasteiger partial charge >= 0.3 is 0 Å². The number of halogens is 2. The van der Waals surface area contributed by atoms with E-state index in [1.807, 2.05) is 0 Å². The van der Waals surface area contributed by atoms with Gasteiger partial charge in [0.2, 0.25) is 0 Å². The molecule has 0 bridgehead atoms. The zero-order valence-electron chi connectivity index (χ0n) is 10.7. The number of methoxy groups -OCH3 is 1. The quantitative estimate of drug-likeness (QED) is 0.904. The Labute approximate surface area is 110 Å².